The van der Waals surface area contributed by atoms with Gasteiger partial charge < -0.3 is 9.73 Å². The number of hydrogen-bond acceptors (Lipinski definition) is 4. The van der Waals surface area contributed by atoms with Gasteiger partial charge in [0.05, 0.1) is 5.56 Å². The van der Waals surface area contributed by atoms with Gasteiger partial charge in [-0.25, -0.2) is 13.1 Å². The highest BCUT2D eigenvalue weighted by atomic mass is 32.2. The number of sulfonamides is 1. The van der Waals surface area contributed by atoms with Crippen molar-refractivity contribution in [2.45, 2.75) is 56.6 Å². The molecule has 0 aliphatic heterocycles. The number of furan rings is 1. The quantitative estimate of drug-likeness (QED) is 0.860. The van der Waals surface area contributed by atoms with Gasteiger partial charge in [-0.3, -0.25) is 4.79 Å². The number of nitrogens with one attached hydrogen (secondary N) is 2. The van der Waals surface area contributed by atoms with Crippen LogP contribution in [-0.4, -0.2) is 27.4 Å². The normalized spacial score (nSPS) is 25.3. The van der Waals surface area contributed by atoms with Gasteiger partial charge in [-0.2, -0.15) is 0 Å². The Bertz CT molecular complexity index is 691. The maximum Gasteiger partial charge on any atom is 0.273 e. The summed E-state index contributed by atoms with van der Waals surface area (Å²) in [6.45, 7) is 1.61. The highest BCUT2D eigenvalue weighted by Gasteiger charge is 2.35. The van der Waals surface area contributed by atoms with Crippen LogP contribution in [0.25, 0.3) is 0 Å². The lowest BCUT2D eigenvalue weighted by atomic mass is 9.82. The fourth-order valence-electron chi connectivity index (χ4n) is 3.53. The molecule has 0 aromatic carbocycles. The van der Waals surface area contributed by atoms with E-state index in [0.717, 1.165) is 31.1 Å². The van der Waals surface area contributed by atoms with E-state index >= 15 is 0 Å². The summed E-state index contributed by atoms with van der Waals surface area (Å²) in [5, 5.41) is 2.84. The average molecular weight is 340 g/mol. The van der Waals surface area contributed by atoms with Crippen molar-refractivity contribution < 1.29 is 17.6 Å². The van der Waals surface area contributed by atoms with E-state index < -0.39 is 10.0 Å². The molecular weight excluding hydrogens is 316 g/mol. The molecule has 1 aromatic heterocycles. The molecule has 1 heterocycles. The number of aryl methyl sites for hydroxylation is 1. The Morgan fingerprint density at radius 2 is 1.96 bits per heavy atom. The molecule has 6 nitrogen and oxygen atoms in total. The largest absolute Gasteiger partial charge is 0.448 e. The van der Waals surface area contributed by atoms with Crippen molar-refractivity contribution in [2.24, 2.45) is 11.8 Å². The summed E-state index contributed by atoms with van der Waals surface area (Å²) in [6, 6.07) is 1.48. The summed E-state index contributed by atoms with van der Waals surface area (Å²) in [7, 11) is -2.36. The van der Waals surface area contributed by atoms with Gasteiger partial charge in [0, 0.05) is 12.1 Å². The molecule has 23 heavy (non-hydrogen) atoms. The fourth-order valence-corrected chi connectivity index (χ4v) is 4.24. The van der Waals surface area contributed by atoms with E-state index in [-0.39, 0.29) is 17.0 Å². The van der Waals surface area contributed by atoms with E-state index in [0.29, 0.717) is 11.3 Å². The molecule has 7 heteroatoms. The van der Waals surface area contributed by atoms with Gasteiger partial charge in [-0.15, -0.1) is 0 Å². The Morgan fingerprint density at radius 3 is 2.61 bits per heavy atom. The van der Waals surface area contributed by atoms with E-state index in [1.807, 2.05) is 0 Å². The molecule has 2 aliphatic carbocycles. The lowest BCUT2D eigenvalue weighted by Crippen LogP contribution is -2.38. The molecular formula is C16H24N2O4S. The zero-order valence-electron chi connectivity index (χ0n) is 13.6. The van der Waals surface area contributed by atoms with E-state index in [2.05, 4.69) is 10.0 Å². The van der Waals surface area contributed by atoms with Crippen LogP contribution < -0.4 is 10.0 Å². The van der Waals surface area contributed by atoms with Crippen LogP contribution in [0.3, 0.4) is 0 Å². The van der Waals surface area contributed by atoms with Gasteiger partial charge in [0.1, 0.15) is 5.76 Å². The first-order valence-electron chi connectivity index (χ1n) is 8.25. The highest BCUT2D eigenvalue weighted by Crippen LogP contribution is 2.43. The number of carbonyl (C=O) groups excluding carboxylic acids is 1. The molecule has 1 aromatic rings. The van der Waals surface area contributed by atoms with Crippen LogP contribution in [0.1, 0.15) is 54.6 Å². The number of carbonyl (C=O) groups is 1. The van der Waals surface area contributed by atoms with Gasteiger partial charge >= 0.3 is 0 Å². The summed E-state index contributed by atoms with van der Waals surface area (Å²) in [5.41, 5.74) is 0.298. The van der Waals surface area contributed by atoms with Gasteiger partial charge in [0.2, 0.25) is 5.09 Å². The highest BCUT2D eigenvalue weighted by molar-refractivity contribution is 7.89. The predicted molar refractivity (Wildman–Crippen MR) is 85.6 cm³/mol. The van der Waals surface area contributed by atoms with Crippen LogP contribution >= 0.6 is 0 Å². The summed E-state index contributed by atoms with van der Waals surface area (Å²) in [6.07, 6.45) is 7.11. The smallest absolute Gasteiger partial charge is 0.273 e. The van der Waals surface area contributed by atoms with Crippen molar-refractivity contribution in [3.63, 3.8) is 0 Å². The molecule has 0 spiro atoms. The monoisotopic (exact) mass is 340 g/mol. The van der Waals surface area contributed by atoms with Crippen molar-refractivity contribution in [1.29, 1.82) is 0 Å². The molecule has 2 atom stereocenters. The first kappa shape index (κ1) is 16.5. The maximum atomic E-state index is 12.5. The first-order valence-corrected chi connectivity index (χ1v) is 9.74. The van der Waals surface area contributed by atoms with Gasteiger partial charge in [-0.05, 0) is 51.5 Å². The third kappa shape index (κ3) is 3.61. The van der Waals surface area contributed by atoms with Crippen molar-refractivity contribution in [3.8, 4) is 0 Å². The zero-order valence-corrected chi connectivity index (χ0v) is 14.4. The SMILES string of the molecule is CNS(=O)(=O)c1cc(C(=O)NC2CCCC(C3CC3)C2)c(C)o1. The average Bonchev–Trinajstić information content (AvgIpc) is 3.29. The van der Waals surface area contributed by atoms with Crippen LogP contribution in [0, 0.1) is 18.8 Å². The fraction of sp³-hybridized carbons (Fsp3) is 0.688. The molecule has 2 saturated carbocycles. The Morgan fingerprint density at radius 1 is 1.22 bits per heavy atom. The third-order valence-corrected chi connectivity index (χ3v) is 6.28. The van der Waals surface area contributed by atoms with Crippen LogP contribution in [0.15, 0.2) is 15.6 Å². The van der Waals surface area contributed by atoms with E-state index in [4.69, 9.17) is 4.42 Å². The van der Waals surface area contributed by atoms with Gasteiger partial charge in [0.25, 0.3) is 15.9 Å². The first-order chi connectivity index (χ1) is 10.9. The zero-order chi connectivity index (χ0) is 16.6. The summed E-state index contributed by atoms with van der Waals surface area (Å²) in [4.78, 5) is 12.5. The second-order valence-electron chi connectivity index (χ2n) is 6.68. The number of hydrogen-bond donors (Lipinski definition) is 2. The Balaban J connectivity index is 1.68. The predicted octanol–water partition coefficient (Wildman–Crippen LogP) is 2.19. The van der Waals surface area contributed by atoms with Crippen molar-refractivity contribution in [2.75, 3.05) is 7.05 Å². The van der Waals surface area contributed by atoms with Crippen LogP contribution in [-0.2, 0) is 10.0 Å². The summed E-state index contributed by atoms with van der Waals surface area (Å²) < 4.78 is 31.0. The number of amides is 1. The maximum absolute atomic E-state index is 12.5. The standard InChI is InChI=1S/C16H24N2O4S/c1-10-14(9-15(22-10)23(20,21)17-2)16(19)18-13-5-3-4-12(8-13)11-6-7-11/h9,11-13,17H,3-8H2,1-2H3,(H,18,19). The molecule has 128 valence electrons. The van der Waals surface area contributed by atoms with Crippen molar-refractivity contribution in [3.05, 3.63) is 17.4 Å². The molecule has 0 bridgehead atoms. The minimum absolute atomic E-state index is 0.181. The topological polar surface area (TPSA) is 88.4 Å². The van der Waals surface area contributed by atoms with Gasteiger partial charge in [0.15, 0.2) is 0 Å². The van der Waals surface area contributed by atoms with Crippen molar-refractivity contribution >= 4 is 15.9 Å². The molecule has 2 aliphatic rings. The van der Waals surface area contributed by atoms with Crippen molar-refractivity contribution in [1.82, 2.24) is 10.0 Å². The van der Waals surface area contributed by atoms with E-state index in [1.54, 1.807) is 6.92 Å². The summed E-state index contributed by atoms with van der Waals surface area (Å²) in [5.74, 6) is 1.67. The molecule has 2 N–H and O–H groups in total. The van der Waals surface area contributed by atoms with Crippen LogP contribution in [0.2, 0.25) is 0 Å². The molecule has 2 unspecified atom stereocenters. The van der Waals surface area contributed by atoms with Crippen LogP contribution in [0.5, 0.6) is 0 Å². The molecule has 1 amide bonds. The molecule has 2 fully saturated rings. The molecule has 3 rings (SSSR count). The molecule has 0 radical (unpaired) electrons. The Hall–Kier alpha value is -1.34. The minimum atomic E-state index is -3.67. The third-order valence-electron chi connectivity index (χ3n) is 5.01. The summed E-state index contributed by atoms with van der Waals surface area (Å²) >= 11 is 0. The second kappa shape index (κ2) is 6.28. The Kier molecular flexibility index (Phi) is 4.51. The van der Waals surface area contributed by atoms with E-state index in [9.17, 15) is 13.2 Å². The second-order valence-corrected chi connectivity index (χ2v) is 8.49. The van der Waals surface area contributed by atoms with E-state index in [1.165, 1.54) is 32.4 Å². The van der Waals surface area contributed by atoms with Gasteiger partial charge in [-0.1, -0.05) is 12.8 Å². The van der Waals surface area contributed by atoms with Crippen LogP contribution in [0.4, 0.5) is 0 Å². The lowest BCUT2D eigenvalue weighted by Gasteiger charge is -2.29. The number of rotatable bonds is 5. The Labute approximate surface area is 137 Å². The minimum Gasteiger partial charge on any atom is -0.448 e. The lowest BCUT2D eigenvalue weighted by molar-refractivity contribution is 0.0915. The molecule has 0 saturated heterocycles.